The van der Waals surface area contributed by atoms with Gasteiger partial charge in [0.05, 0.1) is 27.9 Å². The van der Waals surface area contributed by atoms with Crippen LogP contribution in [-0.4, -0.2) is 47.4 Å². The van der Waals surface area contributed by atoms with Crippen molar-refractivity contribution in [3.63, 3.8) is 0 Å². The maximum atomic E-state index is 5.52. The number of ether oxygens (including phenoxy) is 3. The number of aryl methyl sites for hydroxylation is 2. The Hall–Kier alpha value is -3.99. The number of aliphatic imine (C=N–C) groups is 1. The molecule has 3 N–H and O–H groups in total. The average Bonchev–Trinajstić information content (AvgIpc) is 2.81. The standard InChI is InChI=1S/C23H27N7O3S/c1-14-9-15(2)27-22(26-14)29-21(25-13-16-7-6-8-24-12-16)30-23(34)28-17-10-18(31-3)20(33-5)19(11-17)32-4/h6-12H,13H2,1-5H3,(H3,25,26,27,28,29,30,34). The van der Waals surface area contributed by atoms with Crippen LogP contribution in [0.25, 0.3) is 0 Å². The van der Waals surface area contributed by atoms with E-state index in [0.717, 1.165) is 17.0 Å². The highest BCUT2D eigenvalue weighted by molar-refractivity contribution is 7.80. The number of nitrogens with one attached hydrogen (secondary N) is 3. The van der Waals surface area contributed by atoms with E-state index >= 15 is 0 Å². The van der Waals surface area contributed by atoms with Crippen LogP contribution >= 0.6 is 12.2 Å². The normalized spacial score (nSPS) is 10.9. The summed E-state index contributed by atoms with van der Waals surface area (Å²) in [7, 11) is 4.65. The molecule has 0 spiro atoms. The quantitative estimate of drug-likeness (QED) is 0.263. The maximum absolute atomic E-state index is 5.52. The summed E-state index contributed by atoms with van der Waals surface area (Å²) in [4.78, 5) is 17.6. The van der Waals surface area contributed by atoms with Crippen LogP contribution in [0.1, 0.15) is 17.0 Å². The summed E-state index contributed by atoms with van der Waals surface area (Å²) < 4.78 is 16.2. The Labute approximate surface area is 203 Å². The van der Waals surface area contributed by atoms with Crippen molar-refractivity contribution in [3.05, 3.63) is 59.7 Å². The van der Waals surface area contributed by atoms with Gasteiger partial charge in [0, 0.05) is 41.6 Å². The second-order valence-electron chi connectivity index (χ2n) is 7.12. The van der Waals surface area contributed by atoms with Gasteiger partial charge in [-0.2, -0.15) is 0 Å². The van der Waals surface area contributed by atoms with Crippen molar-refractivity contribution in [3.8, 4) is 17.2 Å². The van der Waals surface area contributed by atoms with Crippen LogP contribution in [-0.2, 0) is 6.54 Å². The summed E-state index contributed by atoms with van der Waals surface area (Å²) >= 11 is 5.52. The number of nitrogens with zero attached hydrogens (tertiary/aromatic N) is 4. The lowest BCUT2D eigenvalue weighted by Gasteiger charge is -2.17. The first-order valence-corrected chi connectivity index (χ1v) is 10.7. The molecule has 0 aliphatic rings. The lowest BCUT2D eigenvalue weighted by atomic mass is 10.2. The molecular formula is C23H27N7O3S. The minimum Gasteiger partial charge on any atom is -0.493 e. The number of methoxy groups -OCH3 is 3. The number of anilines is 2. The number of guanidine groups is 1. The zero-order valence-corrected chi connectivity index (χ0v) is 20.5. The minimum atomic E-state index is 0.288. The van der Waals surface area contributed by atoms with Crippen molar-refractivity contribution in [2.24, 2.45) is 4.99 Å². The van der Waals surface area contributed by atoms with Crippen LogP contribution < -0.4 is 30.2 Å². The molecule has 1 aromatic carbocycles. The first kappa shape index (κ1) is 24.6. The van der Waals surface area contributed by atoms with Gasteiger partial charge >= 0.3 is 0 Å². The molecule has 0 aliphatic heterocycles. The Morgan fingerprint density at radius 3 is 2.21 bits per heavy atom. The van der Waals surface area contributed by atoms with E-state index in [2.05, 4.69) is 35.9 Å². The van der Waals surface area contributed by atoms with Gasteiger partial charge < -0.3 is 24.8 Å². The van der Waals surface area contributed by atoms with Gasteiger partial charge in [-0.1, -0.05) is 6.07 Å². The van der Waals surface area contributed by atoms with E-state index in [-0.39, 0.29) is 5.11 Å². The topological polar surface area (TPSA) is 115 Å². The van der Waals surface area contributed by atoms with E-state index in [4.69, 9.17) is 26.4 Å². The summed E-state index contributed by atoms with van der Waals surface area (Å²) in [5.41, 5.74) is 3.24. The molecule has 0 amide bonds. The molecule has 0 atom stereocenters. The number of thiocarbonyl (C=S) groups is 1. The molecule has 10 nitrogen and oxygen atoms in total. The fourth-order valence-electron chi connectivity index (χ4n) is 3.08. The predicted octanol–water partition coefficient (Wildman–Crippen LogP) is 3.47. The van der Waals surface area contributed by atoms with E-state index in [1.807, 2.05) is 32.0 Å². The molecule has 0 radical (unpaired) electrons. The molecule has 34 heavy (non-hydrogen) atoms. The summed E-state index contributed by atoms with van der Waals surface area (Å²) in [5, 5.41) is 9.58. The maximum Gasteiger partial charge on any atom is 0.229 e. The largest absolute Gasteiger partial charge is 0.493 e. The van der Waals surface area contributed by atoms with Gasteiger partial charge in [0.1, 0.15) is 0 Å². The molecule has 11 heteroatoms. The Kier molecular flexibility index (Phi) is 8.52. The van der Waals surface area contributed by atoms with E-state index in [1.165, 1.54) is 0 Å². The lowest BCUT2D eigenvalue weighted by Crippen LogP contribution is -2.39. The second-order valence-corrected chi connectivity index (χ2v) is 7.53. The molecule has 0 fully saturated rings. The van der Waals surface area contributed by atoms with Crippen molar-refractivity contribution in [1.82, 2.24) is 20.3 Å². The minimum absolute atomic E-state index is 0.288. The van der Waals surface area contributed by atoms with Crippen LogP contribution in [0.3, 0.4) is 0 Å². The number of hydrogen-bond donors (Lipinski definition) is 3. The monoisotopic (exact) mass is 481 g/mol. The molecule has 0 aliphatic carbocycles. The number of hydrogen-bond acceptors (Lipinski definition) is 8. The van der Waals surface area contributed by atoms with Crippen LogP contribution in [0.4, 0.5) is 11.6 Å². The predicted molar refractivity (Wildman–Crippen MR) is 136 cm³/mol. The fourth-order valence-corrected chi connectivity index (χ4v) is 3.30. The van der Waals surface area contributed by atoms with Gasteiger partial charge in [-0.3, -0.25) is 10.3 Å². The van der Waals surface area contributed by atoms with Gasteiger partial charge in [-0.05, 0) is 43.8 Å². The van der Waals surface area contributed by atoms with Crippen molar-refractivity contribution in [2.75, 3.05) is 32.0 Å². The van der Waals surface area contributed by atoms with Gasteiger partial charge in [0.25, 0.3) is 0 Å². The molecule has 0 bridgehead atoms. The number of rotatable bonds is 7. The highest BCUT2D eigenvalue weighted by Gasteiger charge is 2.14. The molecule has 2 heterocycles. The van der Waals surface area contributed by atoms with Crippen LogP contribution in [0.15, 0.2) is 47.7 Å². The summed E-state index contributed by atoms with van der Waals surface area (Å²) in [6.07, 6.45) is 3.46. The van der Waals surface area contributed by atoms with Crippen LogP contribution in [0, 0.1) is 13.8 Å². The third-order valence-corrected chi connectivity index (χ3v) is 4.71. The van der Waals surface area contributed by atoms with Crippen molar-refractivity contribution in [1.29, 1.82) is 0 Å². The highest BCUT2D eigenvalue weighted by atomic mass is 32.1. The van der Waals surface area contributed by atoms with Gasteiger partial charge in [-0.25, -0.2) is 15.0 Å². The average molecular weight is 482 g/mol. The third kappa shape index (κ3) is 6.75. The molecule has 3 aromatic rings. The lowest BCUT2D eigenvalue weighted by molar-refractivity contribution is 0.324. The zero-order valence-electron chi connectivity index (χ0n) is 19.7. The fraction of sp³-hybridized carbons (Fsp3) is 0.261. The highest BCUT2D eigenvalue weighted by Crippen LogP contribution is 2.39. The molecular weight excluding hydrogens is 454 g/mol. The summed E-state index contributed by atoms with van der Waals surface area (Å²) in [6, 6.07) is 9.19. The van der Waals surface area contributed by atoms with E-state index in [0.29, 0.717) is 41.4 Å². The second kappa shape index (κ2) is 11.8. The molecule has 2 aromatic heterocycles. The molecule has 0 unspecified atom stereocenters. The van der Waals surface area contributed by atoms with Gasteiger partial charge in [0.15, 0.2) is 16.6 Å². The molecule has 0 saturated heterocycles. The smallest absolute Gasteiger partial charge is 0.229 e. The van der Waals surface area contributed by atoms with Crippen molar-refractivity contribution < 1.29 is 14.2 Å². The number of benzene rings is 1. The van der Waals surface area contributed by atoms with E-state index in [1.54, 1.807) is 45.9 Å². The Balaban J connectivity index is 1.81. The third-order valence-electron chi connectivity index (χ3n) is 4.51. The first-order chi connectivity index (χ1) is 16.4. The number of aromatic nitrogens is 3. The SMILES string of the molecule is COc1cc(NC(=S)NC(=NCc2cccnc2)Nc2nc(C)cc(C)n2)cc(OC)c1OC. The van der Waals surface area contributed by atoms with Gasteiger partial charge in [0.2, 0.25) is 17.7 Å². The molecule has 178 valence electrons. The van der Waals surface area contributed by atoms with E-state index < -0.39 is 0 Å². The Morgan fingerprint density at radius 2 is 1.65 bits per heavy atom. The number of pyridine rings is 1. The zero-order chi connectivity index (χ0) is 24.5. The van der Waals surface area contributed by atoms with E-state index in [9.17, 15) is 0 Å². The molecule has 0 saturated carbocycles. The van der Waals surface area contributed by atoms with Gasteiger partial charge in [-0.15, -0.1) is 0 Å². The summed E-state index contributed by atoms with van der Waals surface area (Å²) in [5.74, 6) is 2.27. The summed E-state index contributed by atoms with van der Waals surface area (Å²) in [6.45, 7) is 4.17. The van der Waals surface area contributed by atoms with Crippen LogP contribution in [0.5, 0.6) is 17.2 Å². The Bertz CT molecular complexity index is 1130. The van der Waals surface area contributed by atoms with Crippen molar-refractivity contribution >= 4 is 34.9 Å². The van der Waals surface area contributed by atoms with Crippen molar-refractivity contribution in [2.45, 2.75) is 20.4 Å². The van der Waals surface area contributed by atoms with Crippen LogP contribution in [0.2, 0.25) is 0 Å². The first-order valence-electron chi connectivity index (χ1n) is 10.3. The molecule has 3 rings (SSSR count). The Morgan fingerprint density at radius 1 is 0.971 bits per heavy atom.